The van der Waals surface area contributed by atoms with Crippen LogP contribution in [0.2, 0.25) is 0 Å². The van der Waals surface area contributed by atoms with E-state index < -0.39 is 12.0 Å². The lowest BCUT2D eigenvalue weighted by molar-refractivity contribution is -0.139. The van der Waals surface area contributed by atoms with Crippen LogP contribution in [-0.2, 0) is 9.53 Å². The molecule has 0 fully saturated rings. The fourth-order valence-corrected chi connectivity index (χ4v) is 6.87. The zero-order chi connectivity index (χ0) is 26.0. The average molecular weight is 683 g/mol. The van der Waals surface area contributed by atoms with E-state index in [0.29, 0.717) is 38.7 Å². The van der Waals surface area contributed by atoms with Crippen molar-refractivity contribution in [3.63, 3.8) is 0 Å². The summed E-state index contributed by atoms with van der Waals surface area (Å²) in [5.74, 6) is 0.898. The maximum Gasteiger partial charge on any atom is 0.338 e. The first kappa shape index (κ1) is 26.6. The fraction of sp³-hybridized carbons (Fsp3) is 0.269. The molecule has 0 radical (unpaired) electrons. The van der Waals surface area contributed by atoms with Crippen LogP contribution < -0.4 is 24.4 Å². The zero-order valence-corrected chi connectivity index (χ0v) is 24.7. The number of carbonyl (C=O) groups is 1. The maximum atomic E-state index is 13.8. The van der Waals surface area contributed by atoms with E-state index in [1.54, 1.807) is 31.6 Å². The van der Waals surface area contributed by atoms with Crippen LogP contribution >= 0.6 is 49.9 Å². The molecule has 2 heterocycles. The molecule has 3 aromatic rings. The standard InChI is InChI=1S/C26H24BrIN2O5S/c1-5-34-18-9-7-15(8-10-18)22-21(25(32)35-6-2)14(3)29-26-30(22)24(31)20(36-26)12-16-11-17(27)13-19(28)23(16)33-4/h7-13,22H,5-6H2,1-4H3/b20-12-/t22-/m0/s1. The molecule has 0 amide bonds. The van der Waals surface area contributed by atoms with Gasteiger partial charge >= 0.3 is 5.97 Å². The number of hydrogen-bond acceptors (Lipinski definition) is 7. The van der Waals surface area contributed by atoms with Gasteiger partial charge in [0.2, 0.25) is 0 Å². The molecule has 4 rings (SSSR count). The minimum atomic E-state index is -0.678. The van der Waals surface area contributed by atoms with E-state index in [2.05, 4.69) is 43.5 Å². The van der Waals surface area contributed by atoms with Crippen molar-refractivity contribution in [3.8, 4) is 11.5 Å². The number of aromatic nitrogens is 1. The van der Waals surface area contributed by atoms with Crippen LogP contribution in [0.4, 0.5) is 0 Å². The number of methoxy groups -OCH3 is 1. The highest BCUT2D eigenvalue weighted by molar-refractivity contribution is 14.1. The Balaban J connectivity index is 1.95. The van der Waals surface area contributed by atoms with Crippen LogP contribution in [0.1, 0.15) is 37.9 Å². The summed E-state index contributed by atoms with van der Waals surface area (Å²) in [5, 5.41) is 0. The number of ether oxygens (including phenoxy) is 3. The number of rotatable bonds is 7. The van der Waals surface area contributed by atoms with E-state index in [1.807, 2.05) is 43.3 Å². The number of halogens is 2. The Hall–Kier alpha value is -2.44. The van der Waals surface area contributed by atoms with Crippen molar-refractivity contribution < 1.29 is 19.0 Å². The van der Waals surface area contributed by atoms with Gasteiger partial charge in [0.25, 0.3) is 5.56 Å². The topological polar surface area (TPSA) is 79.1 Å². The monoisotopic (exact) mass is 682 g/mol. The van der Waals surface area contributed by atoms with Crippen molar-refractivity contribution in [2.45, 2.75) is 26.8 Å². The number of allylic oxidation sites excluding steroid dienone is 1. The van der Waals surface area contributed by atoms with Gasteiger partial charge in [-0.1, -0.05) is 39.4 Å². The van der Waals surface area contributed by atoms with Gasteiger partial charge in [-0.3, -0.25) is 9.36 Å². The number of nitrogens with zero attached hydrogens (tertiary/aromatic N) is 2. The summed E-state index contributed by atoms with van der Waals surface area (Å²) < 4.78 is 20.4. The van der Waals surface area contributed by atoms with Crippen molar-refractivity contribution in [1.82, 2.24) is 4.57 Å². The molecule has 1 aliphatic heterocycles. The molecule has 0 saturated carbocycles. The first-order chi connectivity index (χ1) is 17.3. The SMILES string of the molecule is CCOC(=O)C1=C(C)N=c2s/c(=C\c3cc(Br)cc(I)c3OC)c(=O)n2[C@H]1c1ccc(OCC)cc1. The summed E-state index contributed by atoms with van der Waals surface area (Å²) in [7, 11) is 1.60. The van der Waals surface area contributed by atoms with Gasteiger partial charge in [-0.15, -0.1) is 0 Å². The zero-order valence-electron chi connectivity index (χ0n) is 20.1. The van der Waals surface area contributed by atoms with E-state index >= 15 is 0 Å². The lowest BCUT2D eigenvalue weighted by Gasteiger charge is -2.24. The van der Waals surface area contributed by atoms with Crippen molar-refractivity contribution in [2.75, 3.05) is 20.3 Å². The molecule has 2 aromatic carbocycles. The molecule has 36 heavy (non-hydrogen) atoms. The molecule has 0 aliphatic carbocycles. The van der Waals surface area contributed by atoms with Crippen LogP contribution in [-0.4, -0.2) is 30.9 Å². The largest absolute Gasteiger partial charge is 0.495 e. The highest BCUT2D eigenvalue weighted by Crippen LogP contribution is 2.32. The predicted octanol–water partition coefficient (Wildman–Crippen LogP) is 4.57. The van der Waals surface area contributed by atoms with Crippen LogP contribution in [0, 0.1) is 3.57 Å². The average Bonchev–Trinajstić information content (AvgIpc) is 3.13. The lowest BCUT2D eigenvalue weighted by atomic mass is 9.96. The molecule has 10 heteroatoms. The van der Waals surface area contributed by atoms with E-state index in [9.17, 15) is 9.59 Å². The third-order valence-corrected chi connectivity index (χ3v) is 7.79. The maximum absolute atomic E-state index is 13.8. The molecule has 0 N–H and O–H groups in total. The third-order valence-electron chi connectivity index (χ3n) is 5.55. The molecule has 1 aliphatic rings. The number of thiazole rings is 1. The van der Waals surface area contributed by atoms with Gasteiger partial charge < -0.3 is 14.2 Å². The van der Waals surface area contributed by atoms with Crippen molar-refractivity contribution in [3.05, 3.63) is 86.5 Å². The number of carbonyl (C=O) groups excluding carboxylic acids is 1. The van der Waals surface area contributed by atoms with Gasteiger partial charge in [0.15, 0.2) is 4.80 Å². The first-order valence-corrected chi connectivity index (χ1v) is 13.9. The van der Waals surface area contributed by atoms with Crippen LogP contribution in [0.25, 0.3) is 6.08 Å². The van der Waals surface area contributed by atoms with Gasteiger partial charge in [-0.2, -0.15) is 0 Å². The number of hydrogen-bond donors (Lipinski definition) is 0. The van der Waals surface area contributed by atoms with Gasteiger partial charge in [-0.05, 0) is 79.3 Å². The number of esters is 1. The Morgan fingerprint density at radius 1 is 1.22 bits per heavy atom. The summed E-state index contributed by atoms with van der Waals surface area (Å²) >= 11 is 6.99. The molecule has 0 saturated heterocycles. The Bertz CT molecular complexity index is 1530. The van der Waals surface area contributed by atoms with Gasteiger partial charge in [0.05, 0.1) is 45.7 Å². The summed E-state index contributed by atoms with van der Waals surface area (Å²) in [5.41, 5.74) is 2.15. The minimum Gasteiger partial charge on any atom is -0.495 e. The quantitative estimate of drug-likeness (QED) is 0.270. The molecular formula is C26H24BrIN2O5S. The molecular weight excluding hydrogens is 659 g/mol. The van der Waals surface area contributed by atoms with Crippen LogP contribution in [0.5, 0.6) is 11.5 Å². The Labute approximate surface area is 234 Å². The molecule has 1 atom stereocenters. The smallest absolute Gasteiger partial charge is 0.338 e. The Morgan fingerprint density at radius 3 is 2.58 bits per heavy atom. The minimum absolute atomic E-state index is 0.220. The summed E-state index contributed by atoms with van der Waals surface area (Å²) in [6.07, 6.45) is 1.80. The highest BCUT2D eigenvalue weighted by Gasteiger charge is 2.33. The van der Waals surface area contributed by atoms with Crippen LogP contribution in [0.15, 0.2) is 61.9 Å². The second kappa shape index (κ2) is 11.3. The van der Waals surface area contributed by atoms with Gasteiger partial charge in [0.1, 0.15) is 11.5 Å². The predicted molar refractivity (Wildman–Crippen MR) is 151 cm³/mol. The van der Waals surface area contributed by atoms with E-state index in [4.69, 9.17) is 14.2 Å². The van der Waals surface area contributed by atoms with Crippen molar-refractivity contribution >= 4 is 61.9 Å². The van der Waals surface area contributed by atoms with Gasteiger partial charge in [0, 0.05) is 10.0 Å². The highest BCUT2D eigenvalue weighted by atomic mass is 127. The summed E-state index contributed by atoms with van der Waals surface area (Å²) in [4.78, 5) is 32.0. The second-order valence-corrected chi connectivity index (χ2v) is 10.9. The molecule has 7 nitrogen and oxygen atoms in total. The third kappa shape index (κ3) is 5.16. The number of fused-ring (bicyclic) bond motifs is 1. The first-order valence-electron chi connectivity index (χ1n) is 11.2. The second-order valence-electron chi connectivity index (χ2n) is 7.81. The lowest BCUT2D eigenvalue weighted by Crippen LogP contribution is -2.39. The molecule has 0 spiro atoms. The summed E-state index contributed by atoms with van der Waals surface area (Å²) in [6.45, 7) is 6.20. The molecule has 0 bridgehead atoms. The van der Waals surface area contributed by atoms with E-state index in [-0.39, 0.29) is 12.2 Å². The summed E-state index contributed by atoms with van der Waals surface area (Å²) in [6, 6.07) is 10.6. The van der Waals surface area contributed by atoms with Crippen molar-refractivity contribution in [2.24, 2.45) is 4.99 Å². The molecule has 1 aromatic heterocycles. The van der Waals surface area contributed by atoms with Crippen LogP contribution in [0.3, 0.4) is 0 Å². The fourth-order valence-electron chi connectivity index (χ4n) is 4.06. The molecule has 188 valence electrons. The Kier molecular flexibility index (Phi) is 8.36. The van der Waals surface area contributed by atoms with Crippen molar-refractivity contribution in [1.29, 1.82) is 0 Å². The number of benzene rings is 2. The van der Waals surface area contributed by atoms with E-state index in [1.165, 1.54) is 11.3 Å². The van der Waals surface area contributed by atoms with E-state index in [0.717, 1.165) is 19.2 Å². The van der Waals surface area contributed by atoms with Gasteiger partial charge in [-0.25, -0.2) is 9.79 Å². The molecule has 0 unspecified atom stereocenters. The normalized spacial score (nSPS) is 15.4. The Morgan fingerprint density at radius 2 is 1.94 bits per heavy atom.